The van der Waals surface area contributed by atoms with Crippen LogP contribution >= 0.6 is 11.3 Å². The largest absolute Gasteiger partial charge is 0.493 e. The monoisotopic (exact) mass is 527 g/mol. The Bertz CT molecular complexity index is 1500. The molecule has 2 aromatic carbocycles. The topological polar surface area (TPSA) is 99.2 Å². The van der Waals surface area contributed by atoms with Crippen LogP contribution in [0.5, 0.6) is 5.75 Å². The van der Waals surface area contributed by atoms with E-state index in [4.69, 9.17) is 9.47 Å². The van der Waals surface area contributed by atoms with Gasteiger partial charge in [-0.05, 0) is 36.8 Å². The van der Waals surface area contributed by atoms with E-state index in [-0.39, 0.29) is 0 Å². The first-order chi connectivity index (χ1) is 18.6. The van der Waals surface area contributed by atoms with E-state index >= 15 is 0 Å². The first kappa shape index (κ1) is 25.6. The lowest BCUT2D eigenvalue weighted by Crippen LogP contribution is -2.37. The summed E-state index contributed by atoms with van der Waals surface area (Å²) in [5.41, 5.74) is 5.30. The van der Waals surface area contributed by atoms with Gasteiger partial charge in [-0.1, -0.05) is 18.2 Å². The Balaban J connectivity index is 1.44. The molecule has 1 aliphatic rings. The maximum Gasteiger partial charge on any atom is 0.195 e. The zero-order chi connectivity index (χ0) is 26.5. The molecule has 9 nitrogen and oxygen atoms in total. The maximum absolute atomic E-state index is 9.98. The molecule has 4 aromatic rings. The normalized spacial score (nSPS) is 13.7. The van der Waals surface area contributed by atoms with Gasteiger partial charge in [-0.25, -0.2) is 9.97 Å². The highest BCUT2D eigenvalue weighted by molar-refractivity contribution is 7.23. The van der Waals surface area contributed by atoms with E-state index in [1.54, 1.807) is 0 Å². The smallest absolute Gasteiger partial charge is 0.195 e. The lowest BCUT2D eigenvalue weighted by molar-refractivity contribution is 0.122. The van der Waals surface area contributed by atoms with E-state index in [9.17, 15) is 5.26 Å². The summed E-state index contributed by atoms with van der Waals surface area (Å²) in [7, 11) is 4.10. The van der Waals surface area contributed by atoms with Crippen molar-refractivity contribution >= 4 is 38.7 Å². The molecule has 38 heavy (non-hydrogen) atoms. The number of ether oxygens (including phenoxy) is 2. The summed E-state index contributed by atoms with van der Waals surface area (Å²) in [6.07, 6.45) is 1.43. The highest BCUT2D eigenvalue weighted by Crippen LogP contribution is 2.43. The van der Waals surface area contributed by atoms with Crippen molar-refractivity contribution in [3.05, 3.63) is 59.9 Å². The van der Waals surface area contributed by atoms with Crippen LogP contribution in [-0.2, 0) is 11.3 Å². The number of azo groups is 1. The van der Waals surface area contributed by atoms with Crippen LogP contribution in [0, 0.1) is 11.3 Å². The Morgan fingerprint density at radius 1 is 1.16 bits per heavy atom. The number of fused-ring (bicyclic) bond motifs is 1. The molecule has 0 spiro atoms. The zero-order valence-corrected chi connectivity index (χ0v) is 22.5. The lowest BCUT2D eigenvalue weighted by atomic mass is 10.1. The molecule has 0 atom stereocenters. The second kappa shape index (κ2) is 11.5. The van der Waals surface area contributed by atoms with Crippen molar-refractivity contribution in [3.8, 4) is 22.3 Å². The van der Waals surface area contributed by atoms with E-state index < -0.39 is 0 Å². The number of thiophene rings is 1. The van der Waals surface area contributed by atoms with Crippen LogP contribution in [0.4, 0.5) is 17.2 Å². The minimum absolute atomic E-state index is 0.409. The number of morpholine rings is 1. The number of hydrogen-bond acceptors (Lipinski definition) is 10. The number of hydrogen-bond donors (Lipinski definition) is 0. The van der Waals surface area contributed by atoms with Crippen molar-refractivity contribution in [1.29, 1.82) is 5.26 Å². The Hall–Kier alpha value is -4.07. The highest BCUT2D eigenvalue weighted by atomic mass is 32.1. The van der Waals surface area contributed by atoms with Crippen molar-refractivity contribution in [3.63, 3.8) is 0 Å². The fraction of sp³-hybridized carbons (Fsp3) is 0.321. The molecule has 3 heterocycles. The number of rotatable bonds is 8. The Morgan fingerprint density at radius 3 is 2.74 bits per heavy atom. The van der Waals surface area contributed by atoms with Gasteiger partial charge in [-0.3, -0.25) is 0 Å². The molecule has 1 aliphatic heterocycles. The number of aromatic nitrogens is 2. The molecule has 194 valence electrons. The van der Waals surface area contributed by atoms with Gasteiger partial charge in [0.05, 0.1) is 48.2 Å². The summed E-state index contributed by atoms with van der Waals surface area (Å²) in [6.45, 7) is 6.13. The molecular weight excluding hydrogens is 498 g/mol. The predicted molar refractivity (Wildman–Crippen MR) is 151 cm³/mol. The fourth-order valence-corrected chi connectivity index (χ4v) is 5.64. The van der Waals surface area contributed by atoms with Gasteiger partial charge in [-0.15, -0.1) is 16.5 Å². The quantitative estimate of drug-likeness (QED) is 0.266. The molecule has 10 heteroatoms. The van der Waals surface area contributed by atoms with Crippen molar-refractivity contribution in [2.24, 2.45) is 10.2 Å². The van der Waals surface area contributed by atoms with Crippen molar-refractivity contribution in [1.82, 2.24) is 9.97 Å². The summed E-state index contributed by atoms with van der Waals surface area (Å²) < 4.78 is 12.1. The van der Waals surface area contributed by atoms with Crippen LogP contribution in [0.2, 0.25) is 0 Å². The standard InChI is InChI=1S/C28H29N7O2S/c1-4-37-24-8-6-5-7-20(24)26-21(16-29)25-27(38-26)28(31-18-30-25)33-32-17-19-9-10-22(23(15-19)34(2)3)35-11-13-36-14-12-35/h5-10,15,18H,4,11-14,17H2,1-3H3. The van der Waals surface area contributed by atoms with Gasteiger partial charge in [0.25, 0.3) is 0 Å². The zero-order valence-electron chi connectivity index (χ0n) is 21.7. The number of anilines is 2. The molecular formula is C28H29N7O2S. The molecule has 0 bridgehead atoms. The summed E-state index contributed by atoms with van der Waals surface area (Å²) in [5, 5.41) is 18.9. The van der Waals surface area contributed by atoms with Crippen molar-refractivity contribution in [2.45, 2.75) is 13.5 Å². The van der Waals surface area contributed by atoms with Gasteiger partial charge >= 0.3 is 0 Å². The molecule has 1 saturated heterocycles. The lowest BCUT2D eigenvalue weighted by Gasteiger charge is -2.32. The first-order valence-electron chi connectivity index (χ1n) is 12.5. The van der Waals surface area contributed by atoms with Crippen LogP contribution < -0.4 is 14.5 Å². The number of benzene rings is 2. The molecule has 0 N–H and O–H groups in total. The van der Waals surface area contributed by atoms with Gasteiger partial charge in [0, 0.05) is 32.7 Å². The van der Waals surface area contributed by atoms with Gasteiger partial charge in [0.1, 0.15) is 28.4 Å². The molecule has 2 aromatic heterocycles. The van der Waals surface area contributed by atoms with E-state index in [1.807, 2.05) is 45.3 Å². The number of nitriles is 1. The molecule has 0 radical (unpaired) electrons. The summed E-state index contributed by atoms with van der Waals surface area (Å²) in [6, 6.07) is 16.4. The van der Waals surface area contributed by atoms with Crippen molar-refractivity contribution in [2.75, 3.05) is 56.8 Å². The number of nitrogens with zero attached hydrogens (tertiary/aromatic N) is 7. The SMILES string of the molecule is CCOc1ccccc1-c1sc2c(N=NCc3ccc(N4CCOCC4)c(N(C)C)c3)ncnc2c1C#N. The third kappa shape index (κ3) is 5.16. The van der Waals surface area contributed by atoms with Gasteiger partial charge < -0.3 is 19.3 Å². The maximum atomic E-state index is 9.98. The van der Waals surface area contributed by atoms with Crippen LogP contribution in [0.1, 0.15) is 18.1 Å². The van der Waals surface area contributed by atoms with Gasteiger partial charge in [-0.2, -0.15) is 10.4 Å². The fourth-order valence-electron chi connectivity index (χ4n) is 4.48. The minimum Gasteiger partial charge on any atom is -0.493 e. The first-order valence-corrected chi connectivity index (χ1v) is 13.3. The van der Waals surface area contributed by atoms with Gasteiger partial charge in [0.15, 0.2) is 5.82 Å². The van der Waals surface area contributed by atoms with Crippen LogP contribution in [0.25, 0.3) is 20.7 Å². The average molecular weight is 528 g/mol. The summed E-state index contributed by atoms with van der Waals surface area (Å²) >= 11 is 1.43. The third-order valence-corrected chi connectivity index (χ3v) is 7.50. The summed E-state index contributed by atoms with van der Waals surface area (Å²) in [4.78, 5) is 14.0. The summed E-state index contributed by atoms with van der Waals surface area (Å²) in [5.74, 6) is 1.18. The Kier molecular flexibility index (Phi) is 7.77. The second-order valence-electron chi connectivity index (χ2n) is 8.94. The van der Waals surface area contributed by atoms with Crippen LogP contribution in [-0.4, -0.2) is 57.0 Å². The number of para-hydroxylation sites is 1. The molecule has 0 unspecified atom stereocenters. The van der Waals surface area contributed by atoms with Crippen molar-refractivity contribution < 1.29 is 9.47 Å². The Morgan fingerprint density at radius 2 is 1.97 bits per heavy atom. The minimum atomic E-state index is 0.409. The van der Waals surface area contributed by atoms with E-state index in [1.165, 1.54) is 23.4 Å². The molecule has 0 aliphatic carbocycles. The Labute approximate surface area is 226 Å². The van der Waals surface area contributed by atoms with E-state index in [0.29, 0.717) is 30.0 Å². The third-order valence-electron chi connectivity index (χ3n) is 6.29. The van der Waals surface area contributed by atoms with Crippen LogP contribution in [0.15, 0.2) is 59.0 Å². The average Bonchev–Trinajstić information content (AvgIpc) is 3.33. The predicted octanol–water partition coefficient (Wildman–Crippen LogP) is 5.82. The van der Waals surface area contributed by atoms with Gasteiger partial charge in [0.2, 0.25) is 0 Å². The van der Waals surface area contributed by atoms with E-state index in [2.05, 4.69) is 54.3 Å². The van der Waals surface area contributed by atoms with Crippen LogP contribution in [0.3, 0.4) is 0 Å². The highest BCUT2D eigenvalue weighted by Gasteiger charge is 2.21. The molecule has 5 rings (SSSR count). The molecule has 0 amide bonds. The molecule has 1 fully saturated rings. The second-order valence-corrected chi connectivity index (χ2v) is 9.96. The molecule has 0 saturated carbocycles. The van der Waals surface area contributed by atoms with E-state index in [0.717, 1.165) is 58.4 Å².